The minimum Gasteiger partial charge on any atom is -0.313 e. The normalized spacial score (nSPS) is 13.4. The number of hydrogen-bond donors (Lipinski definition) is 2. The van der Waals surface area contributed by atoms with E-state index in [4.69, 9.17) is 11.6 Å². The van der Waals surface area contributed by atoms with Gasteiger partial charge in [0.05, 0.1) is 4.90 Å². The minimum atomic E-state index is -3.54. The van der Waals surface area contributed by atoms with Gasteiger partial charge in [-0.2, -0.15) is 11.8 Å². The molecule has 1 atom stereocenters. The third kappa shape index (κ3) is 5.45. The molecule has 7 heteroatoms. The maximum atomic E-state index is 12.5. The topological polar surface area (TPSA) is 58.2 Å². The van der Waals surface area contributed by atoms with Crippen LogP contribution < -0.4 is 10.0 Å². The van der Waals surface area contributed by atoms with E-state index < -0.39 is 10.0 Å². The summed E-state index contributed by atoms with van der Waals surface area (Å²) >= 11 is 7.69. The second-order valence-corrected chi connectivity index (χ2v) is 8.31. The minimum absolute atomic E-state index is 0.223. The number of sulfonamides is 1. The van der Waals surface area contributed by atoms with E-state index in [0.29, 0.717) is 18.1 Å². The summed E-state index contributed by atoms with van der Waals surface area (Å²) in [5.41, 5.74) is 1.65. The summed E-state index contributed by atoms with van der Waals surface area (Å²) in [4.78, 5) is 0.260. The van der Waals surface area contributed by atoms with Crippen molar-refractivity contribution in [1.29, 1.82) is 0 Å². The molecule has 0 saturated carbocycles. The number of hydrogen-bond acceptors (Lipinski definition) is 4. The molecule has 1 unspecified atom stereocenters. The van der Waals surface area contributed by atoms with Gasteiger partial charge >= 0.3 is 0 Å². The lowest BCUT2D eigenvalue weighted by molar-refractivity contribution is 0.580. The molecule has 0 bridgehead atoms. The second-order valence-electron chi connectivity index (χ2n) is 4.87. The zero-order valence-corrected chi connectivity index (χ0v) is 15.3. The fraction of sp³-hybridized carbons (Fsp3) is 0.571. The maximum Gasteiger partial charge on any atom is 0.240 e. The lowest BCUT2D eigenvalue weighted by Gasteiger charge is -2.15. The highest BCUT2D eigenvalue weighted by Gasteiger charge is 2.20. The molecule has 120 valence electrons. The summed E-state index contributed by atoms with van der Waals surface area (Å²) < 4.78 is 27.6. The Morgan fingerprint density at radius 3 is 2.62 bits per heavy atom. The Balaban J connectivity index is 3.08. The molecule has 0 saturated heterocycles. The lowest BCUT2D eigenvalue weighted by atomic mass is 10.1. The van der Waals surface area contributed by atoms with Crippen LogP contribution in [0.25, 0.3) is 0 Å². The second kappa shape index (κ2) is 8.39. The number of thioether (sulfide) groups is 1. The van der Waals surface area contributed by atoms with Gasteiger partial charge in [0.25, 0.3) is 0 Å². The van der Waals surface area contributed by atoms with Gasteiger partial charge in [0.1, 0.15) is 0 Å². The molecule has 1 aromatic rings. The van der Waals surface area contributed by atoms with Crippen molar-refractivity contribution in [3.05, 3.63) is 28.3 Å². The van der Waals surface area contributed by atoms with Crippen LogP contribution in [0, 0.1) is 6.92 Å². The molecule has 2 N–H and O–H groups in total. The summed E-state index contributed by atoms with van der Waals surface area (Å²) in [5.74, 6) is 0. The Bertz CT molecular complexity index is 577. The summed E-state index contributed by atoms with van der Waals surface area (Å²) in [6.07, 6.45) is 1.96. The van der Waals surface area contributed by atoms with E-state index in [0.717, 1.165) is 17.7 Å². The highest BCUT2D eigenvalue weighted by atomic mass is 35.5. The summed E-state index contributed by atoms with van der Waals surface area (Å²) in [7, 11) is -3.54. The van der Waals surface area contributed by atoms with Crippen LogP contribution in [-0.4, -0.2) is 33.0 Å². The number of halogens is 1. The Hall–Kier alpha value is -0.270. The number of benzene rings is 1. The largest absolute Gasteiger partial charge is 0.313 e. The molecule has 4 nitrogen and oxygen atoms in total. The molecule has 1 rings (SSSR count). The van der Waals surface area contributed by atoms with E-state index >= 15 is 0 Å². The molecule has 0 heterocycles. The summed E-state index contributed by atoms with van der Waals surface area (Å²) in [6, 6.07) is 3.32. The Labute approximate surface area is 137 Å². The molecule has 0 radical (unpaired) electrons. The molecule has 0 aliphatic carbocycles. The predicted octanol–water partition coefficient (Wildman–Crippen LogP) is 2.79. The highest BCUT2D eigenvalue weighted by Crippen LogP contribution is 2.24. The van der Waals surface area contributed by atoms with Crippen LogP contribution in [0.1, 0.15) is 25.0 Å². The van der Waals surface area contributed by atoms with Crippen molar-refractivity contribution in [2.24, 2.45) is 0 Å². The zero-order valence-electron chi connectivity index (χ0n) is 12.9. The lowest BCUT2D eigenvalue weighted by Crippen LogP contribution is -2.30. The van der Waals surface area contributed by atoms with Crippen LogP contribution in [-0.2, 0) is 16.6 Å². The molecular weight excluding hydrogens is 328 g/mol. The van der Waals surface area contributed by atoms with E-state index in [1.54, 1.807) is 11.8 Å². The Kier molecular flexibility index (Phi) is 7.50. The molecule has 21 heavy (non-hydrogen) atoms. The first kappa shape index (κ1) is 18.8. The summed E-state index contributed by atoms with van der Waals surface area (Å²) in [5, 5.41) is 3.85. The first-order chi connectivity index (χ1) is 9.81. The van der Waals surface area contributed by atoms with Crippen molar-refractivity contribution >= 4 is 33.4 Å². The fourth-order valence-electron chi connectivity index (χ4n) is 1.82. The SMILES string of the molecule is CCNCc1cc(Cl)cc(S(=O)(=O)NCC(C)SC)c1C. The van der Waals surface area contributed by atoms with E-state index in [9.17, 15) is 8.42 Å². The zero-order chi connectivity index (χ0) is 16.0. The van der Waals surface area contributed by atoms with Gasteiger partial charge in [-0.15, -0.1) is 0 Å². The third-order valence-electron chi connectivity index (χ3n) is 3.25. The van der Waals surface area contributed by atoms with Crippen LogP contribution in [0.4, 0.5) is 0 Å². The van der Waals surface area contributed by atoms with E-state index in [-0.39, 0.29) is 10.1 Å². The smallest absolute Gasteiger partial charge is 0.240 e. The highest BCUT2D eigenvalue weighted by molar-refractivity contribution is 7.99. The summed E-state index contributed by atoms with van der Waals surface area (Å²) in [6.45, 7) is 7.62. The van der Waals surface area contributed by atoms with Gasteiger partial charge in [-0.05, 0) is 43.0 Å². The molecule has 0 spiro atoms. The average molecular weight is 351 g/mol. The molecular formula is C14H23ClN2O2S2. The Morgan fingerprint density at radius 1 is 1.38 bits per heavy atom. The van der Waals surface area contributed by atoms with Crippen LogP contribution in [0.3, 0.4) is 0 Å². The first-order valence-corrected chi connectivity index (χ1v) is 9.99. The monoisotopic (exact) mass is 350 g/mol. The van der Waals surface area contributed by atoms with Crippen molar-refractivity contribution < 1.29 is 8.42 Å². The van der Waals surface area contributed by atoms with Crippen LogP contribution in [0.2, 0.25) is 5.02 Å². The molecule has 1 aromatic carbocycles. The third-order valence-corrected chi connectivity index (χ3v) is 5.99. The van der Waals surface area contributed by atoms with Crippen molar-refractivity contribution in [1.82, 2.24) is 10.0 Å². The van der Waals surface area contributed by atoms with Gasteiger partial charge in [-0.3, -0.25) is 0 Å². The van der Waals surface area contributed by atoms with E-state index in [2.05, 4.69) is 10.0 Å². The Morgan fingerprint density at radius 2 is 2.05 bits per heavy atom. The van der Waals surface area contributed by atoms with Gasteiger partial charge in [0, 0.05) is 23.4 Å². The molecule has 0 aliphatic rings. The van der Waals surface area contributed by atoms with Gasteiger partial charge in [-0.1, -0.05) is 25.4 Å². The first-order valence-electron chi connectivity index (χ1n) is 6.84. The van der Waals surface area contributed by atoms with E-state index in [1.165, 1.54) is 6.07 Å². The predicted molar refractivity (Wildman–Crippen MR) is 91.7 cm³/mol. The van der Waals surface area contributed by atoms with Crippen molar-refractivity contribution in [2.45, 2.75) is 37.5 Å². The molecule has 0 aromatic heterocycles. The maximum absolute atomic E-state index is 12.5. The van der Waals surface area contributed by atoms with Gasteiger partial charge in [0.2, 0.25) is 10.0 Å². The van der Waals surface area contributed by atoms with Gasteiger partial charge in [-0.25, -0.2) is 13.1 Å². The van der Waals surface area contributed by atoms with E-state index in [1.807, 2.05) is 33.1 Å². The van der Waals surface area contributed by atoms with Crippen molar-refractivity contribution in [3.8, 4) is 0 Å². The molecule has 0 aliphatic heterocycles. The number of rotatable bonds is 8. The van der Waals surface area contributed by atoms with Gasteiger partial charge in [0.15, 0.2) is 0 Å². The molecule has 0 fully saturated rings. The molecule has 0 amide bonds. The number of nitrogens with one attached hydrogen (secondary N) is 2. The van der Waals surface area contributed by atoms with Crippen LogP contribution in [0.5, 0.6) is 0 Å². The van der Waals surface area contributed by atoms with Gasteiger partial charge < -0.3 is 5.32 Å². The standard InChI is InChI=1S/C14H23ClN2O2S2/c1-5-16-9-12-6-13(15)7-14(11(12)3)21(18,19)17-8-10(2)20-4/h6-7,10,16-17H,5,8-9H2,1-4H3. The average Bonchev–Trinajstić information content (AvgIpc) is 2.45. The quantitative estimate of drug-likeness (QED) is 0.757. The van der Waals surface area contributed by atoms with Crippen LogP contribution in [0.15, 0.2) is 17.0 Å². The van der Waals surface area contributed by atoms with Crippen LogP contribution >= 0.6 is 23.4 Å². The van der Waals surface area contributed by atoms with Crippen molar-refractivity contribution in [2.75, 3.05) is 19.3 Å². The van der Waals surface area contributed by atoms with Crippen molar-refractivity contribution in [3.63, 3.8) is 0 Å². The fourth-order valence-corrected chi connectivity index (χ4v) is 3.92.